The molecule has 0 fully saturated rings. The zero-order chi connectivity index (χ0) is 16.7. The van der Waals surface area contributed by atoms with Crippen LogP contribution in [0.1, 0.15) is 60.8 Å². The maximum absolute atomic E-state index is 12.1. The van der Waals surface area contributed by atoms with Crippen LogP contribution < -0.4 is 5.32 Å². The van der Waals surface area contributed by atoms with Crippen molar-refractivity contribution >= 4 is 12.1 Å². The van der Waals surface area contributed by atoms with Crippen molar-refractivity contribution in [3.63, 3.8) is 0 Å². The van der Waals surface area contributed by atoms with E-state index in [9.17, 15) is 9.59 Å². The Hall–Kier alpha value is -1.52. The van der Waals surface area contributed by atoms with Crippen molar-refractivity contribution in [3.8, 4) is 0 Å². The number of ether oxygens (including phenoxy) is 2. The number of hydrogen-bond donors (Lipinski definition) is 1. The summed E-state index contributed by atoms with van der Waals surface area (Å²) in [5.41, 5.74) is -1.20. The third-order valence-corrected chi connectivity index (χ3v) is 2.28. The molecule has 0 rings (SSSR count). The van der Waals surface area contributed by atoms with Gasteiger partial charge in [-0.15, -0.1) is 6.58 Å². The van der Waals surface area contributed by atoms with E-state index in [4.69, 9.17) is 9.47 Å². The number of hydrogen-bond acceptors (Lipinski definition) is 4. The highest BCUT2D eigenvalue weighted by Crippen LogP contribution is 2.13. The molecule has 0 saturated heterocycles. The maximum Gasteiger partial charge on any atom is 0.408 e. The molecule has 0 heterocycles. The van der Waals surface area contributed by atoms with Crippen molar-refractivity contribution in [3.05, 3.63) is 12.7 Å². The number of nitrogens with one attached hydrogen (secondary N) is 1. The molecule has 0 saturated carbocycles. The maximum atomic E-state index is 12.1. The van der Waals surface area contributed by atoms with Crippen molar-refractivity contribution in [2.45, 2.75) is 78.0 Å². The second-order valence-corrected chi connectivity index (χ2v) is 6.95. The van der Waals surface area contributed by atoms with Gasteiger partial charge in [-0.1, -0.05) is 6.08 Å². The van der Waals surface area contributed by atoms with E-state index in [1.165, 1.54) is 0 Å². The Morgan fingerprint density at radius 2 is 1.62 bits per heavy atom. The van der Waals surface area contributed by atoms with Gasteiger partial charge in [0.05, 0.1) is 0 Å². The predicted octanol–water partition coefficient (Wildman–Crippen LogP) is 3.58. The zero-order valence-electron chi connectivity index (χ0n) is 14.1. The minimum atomic E-state index is -0.709. The van der Waals surface area contributed by atoms with Gasteiger partial charge < -0.3 is 14.8 Å². The van der Waals surface area contributed by atoms with Crippen molar-refractivity contribution in [1.82, 2.24) is 5.32 Å². The Bertz CT molecular complexity index is 363. The Labute approximate surface area is 128 Å². The van der Waals surface area contributed by atoms with E-state index in [0.29, 0.717) is 6.42 Å². The Morgan fingerprint density at radius 3 is 2.05 bits per heavy atom. The van der Waals surface area contributed by atoms with E-state index in [2.05, 4.69) is 11.9 Å². The summed E-state index contributed by atoms with van der Waals surface area (Å²) >= 11 is 0. The van der Waals surface area contributed by atoms with E-state index >= 15 is 0 Å². The molecule has 0 radical (unpaired) electrons. The molecule has 0 aromatic heterocycles. The van der Waals surface area contributed by atoms with Crippen LogP contribution in [0.3, 0.4) is 0 Å². The molecule has 1 atom stereocenters. The quantitative estimate of drug-likeness (QED) is 0.462. The van der Waals surface area contributed by atoms with Crippen LogP contribution in [0.15, 0.2) is 12.7 Å². The molecular weight excluding hydrogens is 270 g/mol. The highest BCUT2D eigenvalue weighted by Gasteiger charge is 2.28. The first-order chi connectivity index (χ1) is 9.44. The fraction of sp³-hybridized carbons (Fsp3) is 0.750. The predicted molar refractivity (Wildman–Crippen MR) is 83.1 cm³/mol. The molecule has 0 aromatic rings. The largest absolute Gasteiger partial charge is 0.458 e. The lowest BCUT2D eigenvalue weighted by Crippen LogP contribution is -2.46. The summed E-state index contributed by atoms with van der Waals surface area (Å²) < 4.78 is 10.5. The minimum absolute atomic E-state index is 0.447. The molecule has 122 valence electrons. The molecule has 1 amide bonds. The molecule has 0 aromatic carbocycles. The standard InChI is InChI=1S/C16H29NO4/c1-8-9-10-11-12(13(18)20-15(2,3)4)17-14(19)21-16(5,6)7/h8,12H,1,9-11H2,2-7H3,(H,17,19)/t12-/m1/s1. The molecule has 5 nitrogen and oxygen atoms in total. The first kappa shape index (κ1) is 19.5. The molecule has 0 aliphatic rings. The van der Waals surface area contributed by atoms with Gasteiger partial charge >= 0.3 is 12.1 Å². The number of allylic oxidation sites excluding steroid dienone is 1. The molecule has 21 heavy (non-hydrogen) atoms. The average Bonchev–Trinajstić information content (AvgIpc) is 2.22. The Morgan fingerprint density at radius 1 is 1.10 bits per heavy atom. The van der Waals surface area contributed by atoms with Crippen molar-refractivity contribution in [2.24, 2.45) is 0 Å². The minimum Gasteiger partial charge on any atom is -0.458 e. The average molecular weight is 299 g/mol. The number of alkyl carbamates (subject to hydrolysis) is 1. The van der Waals surface area contributed by atoms with Gasteiger partial charge in [0.25, 0.3) is 0 Å². The molecule has 0 spiro atoms. The first-order valence-corrected chi connectivity index (χ1v) is 7.28. The normalized spacial score (nSPS) is 13.2. The molecular formula is C16H29NO4. The first-order valence-electron chi connectivity index (χ1n) is 7.28. The van der Waals surface area contributed by atoms with Crippen LogP contribution in [0.2, 0.25) is 0 Å². The van der Waals surface area contributed by atoms with Gasteiger partial charge in [0.15, 0.2) is 0 Å². The van der Waals surface area contributed by atoms with Gasteiger partial charge in [0.1, 0.15) is 17.2 Å². The van der Waals surface area contributed by atoms with E-state index in [-0.39, 0.29) is 0 Å². The van der Waals surface area contributed by atoms with Gasteiger partial charge in [0.2, 0.25) is 0 Å². The van der Waals surface area contributed by atoms with Crippen LogP contribution in [0.5, 0.6) is 0 Å². The van der Waals surface area contributed by atoms with Crippen LogP contribution in [-0.4, -0.2) is 29.3 Å². The van der Waals surface area contributed by atoms with Crippen LogP contribution in [0.25, 0.3) is 0 Å². The zero-order valence-corrected chi connectivity index (χ0v) is 14.1. The van der Waals surface area contributed by atoms with Crippen LogP contribution >= 0.6 is 0 Å². The van der Waals surface area contributed by atoms with Gasteiger partial charge in [-0.05, 0) is 60.8 Å². The second-order valence-electron chi connectivity index (χ2n) is 6.95. The fourth-order valence-corrected chi connectivity index (χ4v) is 1.54. The number of rotatable bonds is 6. The topological polar surface area (TPSA) is 64.6 Å². The smallest absolute Gasteiger partial charge is 0.408 e. The van der Waals surface area contributed by atoms with Crippen molar-refractivity contribution in [2.75, 3.05) is 0 Å². The number of amides is 1. The second kappa shape index (κ2) is 8.05. The van der Waals surface area contributed by atoms with E-state index in [0.717, 1.165) is 12.8 Å². The lowest BCUT2D eigenvalue weighted by Gasteiger charge is -2.26. The van der Waals surface area contributed by atoms with Gasteiger partial charge in [-0.3, -0.25) is 0 Å². The highest BCUT2D eigenvalue weighted by atomic mass is 16.6. The Kier molecular flexibility index (Phi) is 7.47. The van der Waals surface area contributed by atoms with E-state index in [1.807, 2.05) is 0 Å². The van der Waals surface area contributed by atoms with Gasteiger partial charge in [-0.25, -0.2) is 9.59 Å². The molecule has 1 N–H and O–H groups in total. The summed E-state index contributed by atoms with van der Waals surface area (Å²) in [6.45, 7) is 14.3. The SMILES string of the molecule is C=CCCC[C@@H](NC(=O)OC(C)(C)C)C(=O)OC(C)(C)C. The number of unbranched alkanes of at least 4 members (excludes halogenated alkanes) is 1. The van der Waals surface area contributed by atoms with Crippen molar-refractivity contribution in [1.29, 1.82) is 0 Å². The van der Waals surface area contributed by atoms with Crippen LogP contribution in [-0.2, 0) is 14.3 Å². The summed E-state index contributed by atoms with van der Waals surface area (Å²) in [7, 11) is 0. The summed E-state index contributed by atoms with van der Waals surface area (Å²) in [4.78, 5) is 23.9. The summed E-state index contributed by atoms with van der Waals surface area (Å²) in [6, 6.07) is -0.709. The van der Waals surface area contributed by atoms with E-state index < -0.39 is 29.3 Å². The monoisotopic (exact) mass is 299 g/mol. The summed E-state index contributed by atoms with van der Waals surface area (Å²) in [6.07, 6.45) is 3.16. The number of esters is 1. The van der Waals surface area contributed by atoms with Crippen molar-refractivity contribution < 1.29 is 19.1 Å². The number of carbonyl (C=O) groups is 2. The molecule has 0 aliphatic heterocycles. The molecule has 0 unspecified atom stereocenters. The molecule has 5 heteroatoms. The van der Waals surface area contributed by atoms with Crippen LogP contribution in [0.4, 0.5) is 4.79 Å². The van der Waals surface area contributed by atoms with E-state index in [1.54, 1.807) is 47.6 Å². The third-order valence-electron chi connectivity index (χ3n) is 2.28. The molecule has 0 bridgehead atoms. The van der Waals surface area contributed by atoms with Gasteiger partial charge in [0, 0.05) is 0 Å². The summed E-state index contributed by atoms with van der Waals surface area (Å²) in [5.74, 6) is -0.447. The molecule has 0 aliphatic carbocycles. The lowest BCUT2D eigenvalue weighted by atomic mass is 10.1. The highest BCUT2D eigenvalue weighted by molar-refractivity contribution is 5.81. The summed E-state index contributed by atoms with van der Waals surface area (Å²) in [5, 5.41) is 2.58. The van der Waals surface area contributed by atoms with Gasteiger partial charge in [-0.2, -0.15) is 0 Å². The fourth-order valence-electron chi connectivity index (χ4n) is 1.54. The Balaban J connectivity index is 4.69. The lowest BCUT2D eigenvalue weighted by molar-refractivity contribution is -0.157. The van der Waals surface area contributed by atoms with Crippen LogP contribution in [0, 0.1) is 0 Å². The third kappa shape index (κ3) is 10.9. The number of carbonyl (C=O) groups excluding carboxylic acids is 2.